The second-order valence-electron chi connectivity index (χ2n) is 7.00. The van der Waals surface area contributed by atoms with Gasteiger partial charge in [-0.1, -0.05) is 0 Å². The maximum Gasteiger partial charge on any atom is 0.246 e. The van der Waals surface area contributed by atoms with E-state index in [4.69, 9.17) is 4.74 Å². The number of amides is 2. The smallest absolute Gasteiger partial charge is 0.246 e. The number of carbonyl (C=O) groups excluding carboxylic acids is 2. The molecule has 4 unspecified atom stereocenters. The van der Waals surface area contributed by atoms with Gasteiger partial charge in [-0.2, -0.15) is 0 Å². The molecule has 0 aromatic carbocycles. The summed E-state index contributed by atoms with van der Waals surface area (Å²) in [6, 6.07) is -0.275. The van der Waals surface area contributed by atoms with Crippen molar-refractivity contribution in [2.24, 2.45) is 5.92 Å². The normalized spacial score (nSPS) is 41.1. The highest BCUT2D eigenvalue weighted by Crippen LogP contribution is 2.47. The average Bonchev–Trinajstić information content (AvgIpc) is 3.30. The molecule has 1 saturated heterocycles. The first-order chi connectivity index (χ1) is 9.98. The third-order valence-electron chi connectivity index (χ3n) is 5.58. The summed E-state index contributed by atoms with van der Waals surface area (Å²) in [5.74, 6) is 0.416. The van der Waals surface area contributed by atoms with Gasteiger partial charge in [0.2, 0.25) is 11.8 Å². The summed E-state index contributed by atoms with van der Waals surface area (Å²) in [4.78, 5) is 27.3. The molecule has 2 amide bonds. The minimum absolute atomic E-state index is 0.0247. The van der Waals surface area contributed by atoms with Crippen LogP contribution in [0, 0.1) is 5.92 Å². The van der Waals surface area contributed by atoms with Crippen molar-refractivity contribution in [2.75, 3.05) is 7.11 Å². The van der Waals surface area contributed by atoms with Crippen molar-refractivity contribution in [1.29, 1.82) is 0 Å². The van der Waals surface area contributed by atoms with E-state index in [1.165, 1.54) is 0 Å². The molecule has 1 N–H and O–H groups in total. The van der Waals surface area contributed by atoms with Crippen LogP contribution < -0.4 is 5.32 Å². The molecule has 4 atom stereocenters. The Labute approximate surface area is 126 Å². The van der Waals surface area contributed by atoms with Gasteiger partial charge in [0.1, 0.15) is 11.6 Å². The average molecular weight is 294 g/mol. The Balaban J connectivity index is 1.90. The molecule has 2 saturated carbocycles. The molecule has 0 aromatic heterocycles. The van der Waals surface area contributed by atoms with E-state index in [1.807, 2.05) is 11.8 Å². The van der Waals surface area contributed by atoms with Crippen LogP contribution in [0.5, 0.6) is 0 Å². The summed E-state index contributed by atoms with van der Waals surface area (Å²) in [7, 11) is 1.74. The van der Waals surface area contributed by atoms with Crippen LogP contribution in [0.15, 0.2) is 0 Å². The highest BCUT2D eigenvalue weighted by Gasteiger charge is 2.58. The van der Waals surface area contributed by atoms with Gasteiger partial charge in [-0.25, -0.2) is 0 Å². The first-order valence-electron chi connectivity index (χ1n) is 8.15. The fourth-order valence-corrected chi connectivity index (χ4v) is 4.11. The molecule has 0 bridgehead atoms. The van der Waals surface area contributed by atoms with Crippen molar-refractivity contribution in [3.63, 3.8) is 0 Å². The van der Waals surface area contributed by atoms with Crippen LogP contribution in [0.4, 0.5) is 0 Å². The highest BCUT2D eigenvalue weighted by molar-refractivity contribution is 6.00. The number of methoxy groups -OCH3 is 1. The minimum Gasteiger partial charge on any atom is -0.381 e. The Morgan fingerprint density at radius 2 is 1.95 bits per heavy atom. The van der Waals surface area contributed by atoms with Gasteiger partial charge in [0.05, 0.1) is 6.10 Å². The Kier molecular flexibility index (Phi) is 3.72. The molecule has 1 heterocycles. The summed E-state index contributed by atoms with van der Waals surface area (Å²) in [5.41, 5.74) is -0.663. The SMILES string of the molecule is COC1CCCC(N2C(=O)C(C)NC(=O)C2(C)C2CC2)C1. The molecule has 3 fully saturated rings. The lowest BCUT2D eigenvalue weighted by Gasteiger charge is -2.51. The van der Waals surface area contributed by atoms with Gasteiger partial charge in [0.15, 0.2) is 0 Å². The van der Waals surface area contributed by atoms with Crippen molar-refractivity contribution in [3.05, 3.63) is 0 Å². The molecule has 3 rings (SSSR count). The summed E-state index contributed by atoms with van der Waals surface area (Å²) >= 11 is 0. The van der Waals surface area contributed by atoms with E-state index >= 15 is 0 Å². The molecular formula is C16H26N2O3. The maximum absolute atomic E-state index is 12.8. The van der Waals surface area contributed by atoms with Crippen LogP contribution in [-0.4, -0.2) is 47.6 Å². The quantitative estimate of drug-likeness (QED) is 0.857. The van der Waals surface area contributed by atoms with E-state index in [2.05, 4.69) is 5.32 Å². The van der Waals surface area contributed by atoms with Crippen LogP contribution in [0.3, 0.4) is 0 Å². The molecule has 0 spiro atoms. The van der Waals surface area contributed by atoms with E-state index in [1.54, 1.807) is 14.0 Å². The Morgan fingerprint density at radius 1 is 1.24 bits per heavy atom. The number of hydrogen-bond acceptors (Lipinski definition) is 3. The van der Waals surface area contributed by atoms with Crippen molar-refractivity contribution < 1.29 is 14.3 Å². The first kappa shape index (κ1) is 14.8. The fourth-order valence-electron chi connectivity index (χ4n) is 4.11. The van der Waals surface area contributed by atoms with Gasteiger partial charge in [-0.05, 0) is 58.3 Å². The van der Waals surface area contributed by atoms with Gasteiger partial charge in [0, 0.05) is 13.2 Å². The third-order valence-corrected chi connectivity index (χ3v) is 5.58. The van der Waals surface area contributed by atoms with E-state index < -0.39 is 11.6 Å². The monoisotopic (exact) mass is 294 g/mol. The van der Waals surface area contributed by atoms with Gasteiger partial charge < -0.3 is 15.0 Å². The van der Waals surface area contributed by atoms with Gasteiger partial charge >= 0.3 is 0 Å². The van der Waals surface area contributed by atoms with Crippen LogP contribution in [-0.2, 0) is 14.3 Å². The summed E-state index contributed by atoms with van der Waals surface area (Å²) < 4.78 is 5.51. The number of hydrogen-bond donors (Lipinski definition) is 1. The molecule has 1 aliphatic heterocycles. The zero-order chi connectivity index (χ0) is 15.2. The van der Waals surface area contributed by atoms with Crippen LogP contribution >= 0.6 is 0 Å². The maximum atomic E-state index is 12.8. The number of rotatable bonds is 3. The lowest BCUT2D eigenvalue weighted by molar-refractivity contribution is -0.163. The standard InChI is InChI=1S/C16H26N2O3/c1-10-14(19)18(12-5-4-6-13(9-12)21-3)16(2,11-7-8-11)15(20)17-10/h10-13H,4-9H2,1-3H3,(H,17,20). The Hall–Kier alpha value is -1.10. The highest BCUT2D eigenvalue weighted by atomic mass is 16.5. The van der Waals surface area contributed by atoms with E-state index in [0.717, 1.165) is 38.5 Å². The van der Waals surface area contributed by atoms with Crippen LogP contribution in [0.25, 0.3) is 0 Å². The second-order valence-corrected chi connectivity index (χ2v) is 7.00. The third kappa shape index (κ3) is 2.35. The number of nitrogens with one attached hydrogen (secondary N) is 1. The van der Waals surface area contributed by atoms with E-state index in [-0.39, 0.29) is 24.0 Å². The van der Waals surface area contributed by atoms with Crippen molar-refractivity contribution in [1.82, 2.24) is 10.2 Å². The number of ether oxygens (including phenoxy) is 1. The number of nitrogens with zero attached hydrogens (tertiary/aromatic N) is 1. The second kappa shape index (κ2) is 5.27. The molecule has 0 radical (unpaired) electrons. The van der Waals surface area contributed by atoms with Crippen LogP contribution in [0.1, 0.15) is 52.4 Å². The summed E-state index contributed by atoms with van der Waals surface area (Å²) in [6.07, 6.45) is 6.24. The number of carbonyl (C=O) groups is 2. The molecular weight excluding hydrogens is 268 g/mol. The Morgan fingerprint density at radius 3 is 2.57 bits per heavy atom. The summed E-state index contributed by atoms with van der Waals surface area (Å²) in [6.45, 7) is 3.75. The van der Waals surface area contributed by atoms with Gasteiger partial charge in [0.25, 0.3) is 0 Å². The van der Waals surface area contributed by atoms with Crippen molar-refractivity contribution in [2.45, 2.75) is 76.1 Å². The summed E-state index contributed by atoms with van der Waals surface area (Å²) in [5, 5.41) is 2.87. The fraction of sp³-hybridized carbons (Fsp3) is 0.875. The lowest BCUT2D eigenvalue weighted by atomic mass is 9.82. The number of piperazine rings is 1. The van der Waals surface area contributed by atoms with Crippen molar-refractivity contribution in [3.8, 4) is 0 Å². The molecule has 5 nitrogen and oxygen atoms in total. The topological polar surface area (TPSA) is 58.6 Å². The molecule has 3 aliphatic rings. The zero-order valence-electron chi connectivity index (χ0n) is 13.2. The van der Waals surface area contributed by atoms with Gasteiger partial charge in [-0.3, -0.25) is 9.59 Å². The molecule has 21 heavy (non-hydrogen) atoms. The van der Waals surface area contributed by atoms with E-state index in [9.17, 15) is 9.59 Å². The predicted octanol–water partition coefficient (Wildman–Crippen LogP) is 1.46. The Bertz CT molecular complexity index is 449. The predicted molar refractivity (Wildman–Crippen MR) is 78.6 cm³/mol. The lowest BCUT2D eigenvalue weighted by Crippen LogP contribution is -2.72. The largest absolute Gasteiger partial charge is 0.381 e. The first-order valence-corrected chi connectivity index (χ1v) is 8.15. The molecule has 0 aromatic rings. The zero-order valence-corrected chi connectivity index (χ0v) is 13.2. The molecule has 2 aliphatic carbocycles. The molecule has 5 heteroatoms. The minimum atomic E-state index is -0.663. The van der Waals surface area contributed by atoms with E-state index in [0.29, 0.717) is 5.92 Å². The molecule has 118 valence electrons. The van der Waals surface area contributed by atoms with Crippen molar-refractivity contribution >= 4 is 11.8 Å². The van der Waals surface area contributed by atoms with Crippen LogP contribution in [0.2, 0.25) is 0 Å². The van der Waals surface area contributed by atoms with Gasteiger partial charge in [-0.15, -0.1) is 0 Å².